The van der Waals surface area contributed by atoms with E-state index in [9.17, 15) is 9.59 Å². The Labute approximate surface area is 159 Å². The SMILES string of the molecule is O=C1[C@@H]2[C@H](C(=O)N1Cc1ccccc1)[C@H]1CC[C@H]2C1[NH2+]Cc1ccccc1. The fourth-order valence-corrected chi connectivity index (χ4v) is 5.76. The predicted molar refractivity (Wildman–Crippen MR) is 101 cm³/mol. The van der Waals surface area contributed by atoms with Crippen molar-refractivity contribution in [1.29, 1.82) is 0 Å². The zero-order chi connectivity index (χ0) is 18.4. The molecule has 3 aliphatic rings. The van der Waals surface area contributed by atoms with E-state index in [0.717, 1.165) is 24.9 Å². The third-order valence-electron chi connectivity index (χ3n) is 6.89. The topological polar surface area (TPSA) is 54.0 Å². The van der Waals surface area contributed by atoms with Crippen LogP contribution in [-0.2, 0) is 22.7 Å². The number of rotatable bonds is 5. The van der Waals surface area contributed by atoms with Gasteiger partial charge >= 0.3 is 0 Å². The van der Waals surface area contributed by atoms with Crippen LogP contribution < -0.4 is 5.32 Å². The van der Waals surface area contributed by atoms with E-state index in [1.807, 2.05) is 36.4 Å². The number of carbonyl (C=O) groups excluding carboxylic acids is 2. The molecule has 0 aromatic heterocycles. The second-order valence-electron chi connectivity index (χ2n) is 8.21. The molecule has 1 aliphatic heterocycles. The van der Waals surface area contributed by atoms with Gasteiger partial charge in [0.15, 0.2) is 0 Å². The molecular weight excluding hydrogens is 336 g/mol. The Morgan fingerprint density at radius 1 is 0.778 bits per heavy atom. The first-order valence-electron chi connectivity index (χ1n) is 10.0. The van der Waals surface area contributed by atoms with Gasteiger partial charge in [-0.3, -0.25) is 14.5 Å². The summed E-state index contributed by atoms with van der Waals surface area (Å²) in [4.78, 5) is 27.7. The lowest BCUT2D eigenvalue weighted by Gasteiger charge is -2.21. The average molecular weight is 361 g/mol. The Balaban J connectivity index is 1.32. The number of carbonyl (C=O) groups is 2. The number of hydrogen-bond acceptors (Lipinski definition) is 2. The van der Waals surface area contributed by atoms with Crippen molar-refractivity contribution in [2.75, 3.05) is 0 Å². The van der Waals surface area contributed by atoms with E-state index in [0.29, 0.717) is 24.4 Å². The summed E-state index contributed by atoms with van der Waals surface area (Å²) in [7, 11) is 0. The van der Waals surface area contributed by atoms with Gasteiger partial charge in [-0.25, -0.2) is 0 Å². The van der Waals surface area contributed by atoms with E-state index in [1.54, 1.807) is 0 Å². The van der Waals surface area contributed by atoms with Gasteiger partial charge in [-0.2, -0.15) is 0 Å². The highest BCUT2D eigenvalue weighted by Crippen LogP contribution is 2.55. The van der Waals surface area contributed by atoms with Gasteiger partial charge in [0.05, 0.1) is 24.4 Å². The zero-order valence-electron chi connectivity index (χ0n) is 15.3. The lowest BCUT2D eigenvalue weighted by atomic mass is 9.81. The Morgan fingerprint density at radius 3 is 1.85 bits per heavy atom. The molecule has 27 heavy (non-hydrogen) atoms. The van der Waals surface area contributed by atoms with Crippen LogP contribution >= 0.6 is 0 Å². The van der Waals surface area contributed by atoms with Crippen LogP contribution in [0.2, 0.25) is 0 Å². The molecule has 1 heterocycles. The van der Waals surface area contributed by atoms with Crippen molar-refractivity contribution < 1.29 is 14.9 Å². The summed E-state index contributed by atoms with van der Waals surface area (Å²) < 4.78 is 0. The van der Waals surface area contributed by atoms with Crippen LogP contribution in [0.5, 0.6) is 0 Å². The largest absolute Gasteiger partial charge is 0.340 e. The second kappa shape index (κ2) is 6.61. The molecular formula is C23H25N2O2+. The average Bonchev–Trinajstić information content (AvgIpc) is 3.33. The van der Waals surface area contributed by atoms with Gasteiger partial charge in [-0.15, -0.1) is 0 Å². The van der Waals surface area contributed by atoms with Gasteiger partial charge in [-0.05, 0) is 18.4 Å². The number of likely N-dealkylation sites (tertiary alicyclic amines) is 1. The molecule has 0 radical (unpaired) electrons. The van der Waals surface area contributed by atoms with Crippen LogP contribution in [0.1, 0.15) is 24.0 Å². The van der Waals surface area contributed by atoms with E-state index < -0.39 is 0 Å². The first-order chi connectivity index (χ1) is 13.2. The standard InChI is InChI=1S/C23H24N2O2/c26-22-19-17-11-12-18(21(17)24-13-15-7-3-1-4-8-15)20(19)23(27)25(22)14-16-9-5-2-6-10-16/h1-10,17-21,24H,11-14H2/p+1/t17-,18-,19-,20+,21?/m1/s1. The van der Waals surface area contributed by atoms with Crippen molar-refractivity contribution in [3.63, 3.8) is 0 Å². The van der Waals surface area contributed by atoms with E-state index in [4.69, 9.17) is 0 Å². The molecule has 2 bridgehead atoms. The van der Waals surface area contributed by atoms with Crippen LogP contribution in [-0.4, -0.2) is 22.8 Å². The molecule has 5 rings (SSSR count). The number of nitrogens with two attached hydrogens (primary N) is 1. The number of benzene rings is 2. The highest BCUT2D eigenvalue weighted by molar-refractivity contribution is 6.06. The number of fused-ring (bicyclic) bond motifs is 5. The molecule has 2 aliphatic carbocycles. The van der Waals surface area contributed by atoms with Crippen LogP contribution in [0.25, 0.3) is 0 Å². The smallest absolute Gasteiger partial charge is 0.233 e. The van der Waals surface area contributed by atoms with Crippen molar-refractivity contribution in [2.24, 2.45) is 23.7 Å². The summed E-state index contributed by atoms with van der Waals surface area (Å²) in [5.41, 5.74) is 2.33. The van der Waals surface area contributed by atoms with Crippen molar-refractivity contribution in [3.8, 4) is 0 Å². The van der Waals surface area contributed by atoms with Crippen LogP contribution in [0.3, 0.4) is 0 Å². The fraction of sp³-hybridized carbons (Fsp3) is 0.391. The molecule has 1 unspecified atom stereocenters. The summed E-state index contributed by atoms with van der Waals surface area (Å²) in [6, 6.07) is 20.7. The predicted octanol–water partition coefficient (Wildman–Crippen LogP) is 1.96. The normalized spacial score (nSPS) is 31.6. The Morgan fingerprint density at radius 2 is 1.30 bits per heavy atom. The van der Waals surface area contributed by atoms with Gasteiger partial charge in [-0.1, -0.05) is 60.7 Å². The van der Waals surface area contributed by atoms with Crippen molar-refractivity contribution >= 4 is 11.8 Å². The number of imide groups is 1. The van der Waals surface area contributed by atoms with Gasteiger partial charge in [0.2, 0.25) is 11.8 Å². The molecule has 1 saturated heterocycles. The summed E-state index contributed by atoms with van der Waals surface area (Å²) in [6.07, 6.45) is 2.17. The number of quaternary nitrogens is 1. The van der Waals surface area contributed by atoms with Gasteiger partial charge in [0, 0.05) is 17.4 Å². The maximum atomic E-state index is 13.1. The number of hydrogen-bond donors (Lipinski definition) is 1. The van der Waals surface area contributed by atoms with Gasteiger partial charge < -0.3 is 5.32 Å². The molecule has 4 heteroatoms. The number of nitrogens with zero attached hydrogens (tertiary/aromatic N) is 1. The second-order valence-corrected chi connectivity index (χ2v) is 8.21. The lowest BCUT2D eigenvalue weighted by molar-refractivity contribution is -0.711. The fourth-order valence-electron chi connectivity index (χ4n) is 5.76. The third-order valence-corrected chi connectivity index (χ3v) is 6.89. The van der Waals surface area contributed by atoms with Crippen molar-refractivity contribution in [3.05, 3.63) is 71.8 Å². The molecule has 2 N–H and O–H groups in total. The maximum absolute atomic E-state index is 13.1. The Kier molecular flexibility index (Phi) is 4.09. The van der Waals surface area contributed by atoms with Crippen LogP contribution in [0, 0.1) is 23.7 Å². The minimum Gasteiger partial charge on any atom is -0.340 e. The van der Waals surface area contributed by atoms with Gasteiger partial charge in [0.1, 0.15) is 6.54 Å². The highest BCUT2D eigenvalue weighted by Gasteiger charge is 2.66. The van der Waals surface area contributed by atoms with E-state index in [2.05, 4.69) is 29.6 Å². The van der Waals surface area contributed by atoms with Crippen LogP contribution in [0.15, 0.2) is 60.7 Å². The summed E-state index contributed by atoms with van der Waals surface area (Å²) in [5.74, 6) is 0.661. The lowest BCUT2D eigenvalue weighted by Crippen LogP contribution is -2.90. The minimum atomic E-state index is -0.0861. The van der Waals surface area contributed by atoms with E-state index in [1.165, 1.54) is 10.5 Å². The quantitative estimate of drug-likeness (QED) is 0.828. The molecule has 2 saturated carbocycles. The summed E-state index contributed by atoms with van der Waals surface area (Å²) in [6.45, 7) is 1.34. The Hall–Kier alpha value is -2.46. The van der Waals surface area contributed by atoms with E-state index >= 15 is 0 Å². The van der Waals surface area contributed by atoms with Gasteiger partial charge in [0.25, 0.3) is 0 Å². The monoisotopic (exact) mass is 361 g/mol. The molecule has 2 aromatic carbocycles. The minimum absolute atomic E-state index is 0.0687. The summed E-state index contributed by atoms with van der Waals surface area (Å²) in [5, 5.41) is 2.39. The third kappa shape index (κ3) is 2.71. The molecule has 2 aromatic rings. The van der Waals surface area contributed by atoms with Crippen molar-refractivity contribution in [1.82, 2.24) is 4.90 Å². The summed E-state index contributed by atoms with van der Waals surface area (Å²) >= 11 is 0. The first kappa shape index (κ1) is 16.7. The molecule has 3 fully saturated rings. The first-order valence-corrected chi connectivity index (χ1v) is 10.0. The highest BCUT2D eigenvalue weighted by atomic mass is 16.2. The number of amides is 2. The molecule has 4 nitrogen and oxygen atoms in total. The molecule has 2 amide bonds. The Bertz CT molecular complexity index is 821. The maximum Gasteiger partial charge on any atom is 0.233 e. The molecule has 0 spiro atoms. The molecule has 5 atom stereocenters. The van der Waals surface area contributed by atoms with Crippen molar-refractivity contribution in [2.45, 2.75) is 32.0 Å². The molecule has 138 valence electrons. The van der Waals surface area contributed by atoms with E-state index in [-0.39, 0.29) is 23.7 Å². The zero-order valence-corrected chi connectivity index (χ0v) is 15.3. The van der Waals surface area contributed by atoms with Crippen LogP contribution in [0.4, 0.5) is 0 Å².